The Labute approximate surface area is 133 Å². The zero-order chi connectivity index (χ0) is 15.2. The molecule has 0 radical (unpaired) electrons. The third-order valence-corrected chi connectivity index (χ3v) is 4.32. The van der Waals surface area contributed by atoms with Crippen molar-refractivity contribution in [1.29, 1.82) is 0 Å². The molecule has 2 atom stereocenters. The highest BCUT2D eigenvalue weighted by Crippen LogP contribution is 2.26. The van der Waals surface area contributed by atoms with Crippen molar-refractivity contribution in [1.82, 2.24) is 5.32 Å². The maximum Gasteiger partial charge on any atom is 0.244 e. The van der Waals surface area contributed by atoms with E-state index in [4.69, 9.17) is 4.74 Å². The van der Waals surface area contributed by atoms with Gasteiger partial charge in [0.15, 0.2) is 0 Å². The predicted molar refractivity (Wildman–Crippen MR) is 86.1 cm³/mol. The molecule has 114 valence electrons. The highest BCUT2D eigenvalue weighted by Gasteiger charge is 2.27. The summed E-state index contributed by atoms with van der Waals surface area (Å²) in [5.74, 6) is 0.765. The molecule has 0 bridgehead atoms. The van der Waals surface area contributed by atoms with Gasteiger partial charge in [-0.05, 0) is 37.1 Å². The summed E-state index contributed by atoms with van der Waals surface area (Å²) in [5, 5.41) is 12.2. The van der Waals surface area contributed by atoms with Gasteiger partial charge in [0.05, 0.1) is 7.11 Å². The minimum atomic E-state index is -0.137. The van der Waals surface area contributed by atoms with E-state index in [2.05, 4.69) is 21.2 Å². The Balaban J connectivity index is 2.00. The standard InChI is InChI=1S/C16H20BrNO3/c1-21-15-7-6-13(17)9-11(15)5-8-16(20)18-14-4-2-3-12(14)10-19/h5-9,12,14,19H,2-4,10H2,1H3,(H,18,20)/b8-5+. The SMILES string of the molecule is COc1ccc(Br)cc1/C=C/C(=O)NC1CCCC1CO. The first kappa shape index (κ1) is 16.0. The van der Waals surface area contributed by atoms with Gasteiger partial charge in [-0.3, -0.25) is 4.79 Å². The summed E-state index contributed by atoms with van der Waals surface area (Å²) in [5.41, 5.74) is 0.840. The molecule has 1 aromatic carbocycles. The van der Waals surface area contributed by atoms with Crippen LogP contribution in [0, 0.1) is 5.92 Å². The van der Waals surface area contributed by atoms with Crippen LogP contribution in [-0.2, 0) is 4.79 Å². The van der Waals surface area contributed by atoms with Crippen molar-refractivity contribution in [3.63, 3.8) is 0 Å². The van der Waals surface area contributed by atoms with Gasteiger partial charge in [0.25, 0.3) is 0 Å². The van der Waals surface area contributed by atoms with Crippen LogP contribution in [-0.4, -0.2) is 30.8 Å². The topological polar surface area (TPSA) is 58.6 Å². The zero-order valence-electron chi connectivity index (χ0n) is 12.0. The van der Waals surface area contributed by atoms with Gasteiger partial charge in [0.2, 0.25) is 5.91 Å². The molecule has 4 nitrogen and oxygen atoms in total. The van der Waals surface area contributed by atoms with Gasteiger partial charge in [-0.1, -0.05) is 22.4 Å². The van der Waals surface area contributed by atoms with Crippen molar-refractivity contribution < 1.29 is 14.6 Å². The second kappa shape index (κ2) is 7.61. The molecule has 1 aliphatic rings. The Bertz CT molecular complexity index is 530. The normalized spacial score (nSPS) is 21.7. The second-order valence-corrected chi connectivity index (χ2v) is 6.12. The highest BCUT2D eigenvalue weighted by atomic mass is 79.9. The largest absolute Gasteiger partial charge is 0.496 e. The highest BCUT2D eigenvalue weighted by molar-refractivity contribution is 9.10. The van der Waals surface area contributed by atoms with E-state index in [1.54, 1.807) is 13.2 Å². The Kier molecular flexibility index (Phi) is 5.82. The van der Waals surface area contributed by atoms with Gasteiger partial charge in [-0.15, -0.1) is 0 Å². The molecule has 21 heavy (non-hydrogen) atoms. The molecule has 1 fully saturated rings. The summed E-state index contributed by atoms with van der Waals surface area (Å²) < 4.78 is 6.19. The van der Waals surface area contributed by atoms with E-state index in [0.717, 1.165) is 35.0 Å². The molecule has 0 heterocycles. The van der Waals surface area contributed by atoms with Gasteiger partial charge in [-0.25, -0.2) is 0 Å². The van der Waals surface area contributed by atoms with E-state index < -0.39 is 0 Å². The molecule has 2 rings (SSSR count). The van der Waals surface area contributed by atoms with Gasteiger partial charge >= 0.3 is 0 Å². The van der Waals surface area contributed by atoms with Crippen molar-refractivity contribution in [3.8, 4) is 5.75 Å². The van der Waals surface area contributed by atoms with Crippen LogP contribution in [0.3, 0.4) is 0 Å². The fourth-order valence-corrected chi connectivity index (χ4v) is 3.06. The average molecular weight is 354 g/mol. The van der Waals surface area contributed by atoms with Crippen LogP contribution in [0.25, 0.3) is 6.08 Å². The lowest BCUT2D eigenvalue weighted by atomic mass is 10.1. The number of amides is 1. The number of aliphatic hydroxyl groups is 1. The second-order valence-electron chi connectivity index (χ2n) is 5.21. The predicted octanol–water partition coefficient (Wildman–Crippen LogP) is 2.75. The lowest BCUT2D eigenvalue weighted by molar-refractivity contribution is -0.117. The van der Waals surface area contributed by atoms with E-state index in [9.17, 15) is 9.90 Å². The zero-order valence-corrected chi connectivity index (χ0v) is 13.6. The Morgan fingerprint density at radius 3 is 3.05 bits per heavy atom. The number of rotatable bonds is 5. The number of nitrogens with one attached hydrogen (secondary N) is 1. The smallest absolute Gasteiger partial charge is 0.244 e. The third kappa shape index (κ3) is 4.32. The molecule has 0 spiro atoms. The van der Waals surface area contributed by atoms with Crippen LogP contribution in [0.5, 0.6) is 5.75 Å². The Morgan fingerprint density at radius 2 is 2.33 bits per heavy atom. The molecule has 2 N–H and O–H groups in total. The van der Waals surface area contributed by atoms with Gasteiger partial charge in [0.1, 0.15) is 5.75 Å². The summed E-state index contributed by atoms with van der Waals surface area (Å²) in [6, 6.07) is 5.71. The van der Waals surface area contributed by atoms with E-state index >= 15 is 0 Å². The number of ether oxygens (including phenoxy) is 1. The number of benzene rings is 1. The molecule has 1 aromatic rings. The van der Waals surface area contributed by atoms with Crippen LogP contribution in [0.4, 0.5) is 0 Å². The average Bonchev–Trinajstić information content (AvgIpc) is 2.92. The van der Waals surface area contributed by atoms with Crippen LogP contribution in [0.2, 0.25) is 0 Å². The molecule has 5 heteroatoms. The van der Waals surface area contributed by atoms with Gasteiger partial charge in [-0.2, -0.15) is 0 Å². The summed E-state index contributed by atoms with van der Waals surface area (Å²) in [6.45, 7) is 0.133. The number of halogens is 1. The monoisotopic (exact) mass is 353 g/mol. The lowest BCUT2D eigenvalue weighted by Gasteiger charge is -2.17. The van der Waals surface area contributed by atoms with E-state index in [0.29, 0.717) is 0 Å². The number of carbonyl (C=O) groups is 1. The summed E-state index contributed by atoms with van der Waals surface area (Å²) in [4.78, 5) is 12.0. The first-order chi connectivity index (χ1) is 10.1. The summed E-state index contributed by atoms with van der Waals surface area (Å²) in [7, 11) is 1.60. The van der Waals surface area contributed by atoms with Crippen LogP contribution in [0.1, 0.15) is 24.8 Å². The molecular weight excluding hydrogens is 334 g/mol. The lowest BCUT2D eigenvalue weighted by Crippen LogP contribution is -2.37. The minimum Gasteiger partial charge on any atom is -0.496 e. The van der Waals surface area contributed by atoms with Crippen molar-refractivity contribution in [2.24, 2.45) is 5.92 Å². The number of methoxy groups -OCH3 is 1. The van der Waals surface area contributed by atoms with E-state index in [1.807, 2.05) is 18.2 Å². The van der Waals surface area contributed by atoms with Crippen molar-refractivity contribution in [2.45, 2.75) is 25.3 Å². The molecule has 1 saturated carbocycles. The Morgan fingerprint density at radius 1 is 1.52 bits per heavy atom. The van der Waals surface area contributed by atoms with Crippen LogP contribution >= 0.6 is 15.9 Å². The maximum absolute atomic E-state index is 12.0. The van der Waals surface area contributed by atoms with Crippen LogP contribution < -0.4 is 10.1 Å². The van der Waals surface area contributed by atoms with E-state index in [1.165, 1.54) is 6.08 Å². The summed E-state index contributed by atoms with van der Waals surface area (Å²) in [6.07, 6.45) is 6.22. The molecule has 1 aliphatic carbocycles. The van der Waals surface area contributed by atoms with Crippen LogP contribution in [0.15, 0.2) is 28.7 Å². The van der Waals surface area contributed by atoms with Crippen molar-refractivity contribution >= 4 is 27.9 Å². The molecular formula is C16H20BrNO3. The van der Waals surface area contributed by atoms with E-state index in [-0.39, 0.29) is 24.5 Å². The quantitative estimate of drug-likeness (QED) is 0.800. The molecule has 0 aliphatic heterocycles. The fraction of sp³-hybridized carbons (Fsp3) is 0.438. The fourth-order valence-electron chi connectivity index (χ4n) is 2.68. The molecule has 2 unspecified atom stereocenters. The maximum atomic E-state index is 12.0. The molecule has 1 amide bonds. The van der Waals surface area contributed by atoms with Gasteiger partial charge < -0.3 is 15.2 Å². The van der Waals surface area contributed by atoms with Crippen molar-refractivity contribution in [3.05, 3.63) is 34.3 Å². The third-order valence-electron chi connectivity index (χ3n) is 3.83. The number of carbonyl (C=O) groups excluding carboxylic acids is 1. The molecule has 0 saturated heterocycles. The molecule has 0 aromatic heterocycles. The minimum absolute atomic E-state index is 0.0801. The first-order valence-electron chi connectivity index (χ1n) is 7.07. The number of hydrogen-bond donors (Lipinski definition) is 2. The number of aliphatic hydroxyl groups excluding tert-OH is 1. The van der Waals surface area contributed by atoms with Crippen molar-refractivity contribution in [2.75, 3.05) is 13.7 Å². The first-order valence-corrected chi connectivity index (χ1v) is 7.86. The number of hydrogen-bond acceptors (Lipinski definition) is 3. The Hall–Kier alpha value is -1.33. The van der Waals surface area contributed by atoms with Gasteiger partial charge in [0, 0.05) is 34.7 Å². The summed E-state index contributed by atoms with van der Waals surface area (Å²) >= 11 is 3.40.